The van der Waals surface area contributed by atoms with Crippen LogP contribution in [-0.4, -0.2) is 16.3 Å². The zero-order chi connectivity index (χ0) is 11.1. The van der Waals surface area contributed by atoms with E-state index in [0.717, 1.165) is 25.9 Å². The smallest absolute Gasteiger partial charge is 0.0556 e. The summed E-state index contributed by atoms with van der Waals surface area (Å²) in [6.45, 7) is 10.0. The van der Waals surface area contributed by atoms with Gasteiger partial charge in [0.1, 0.15) is 0 Å². The number of nitrogens with zero attached hydrogens (tertiary/aromatic N) is 2. The molecule has 84 valence electrons. The molecular weight excluding hydrogens is 186 g/mol. The van der Waals surface area contributed by atoms with E-state index in [1.165, 1.54) is 5.69 Å². The zero-order valence-electron chi connectivity index (χ0n) is 9.74. The SMILES string of the molecule is C=CCC(NCC)c1ccnn1CCC. The van der Waals surface area contributed by atoms with Crippen molar-refractivity contribution in [1.29, 1.82) is 0 Å². The number of aromatic nitrogens is 2. The third-order valence-corrected chi connectivity index (χ3v) is 2.39. The van der Waals surface area contributed by atoms with Crippen LogP contribution in [0.4, 0.5) is 0 Å². The van der Waals surface area contributed by atoms with Crippen LogP contribution < -0.4 is 5.32 Å². The lowest BCUT2D eigenvalue weighted by atomic mass is 10.1. The van der Waals surface area contributed by atoms with E-state index in [9.17, 15) is 0 Å². The van der Waals surface area contributed by atoms with E-state index in [-0.39, 0.29) is 0 Å². The summed E-state index contributed by atoms with van der Waals surface area (Å²) in [5, 5.41) is 7.79. The van der Waals surface area contributed by atoms with Gasteiger partial charge in [0.15, 0.2) is 0 Å². The van der Waals surface area contributed by atoms with Crippen LogP contribution in [0.3, 0.4) is 0 Å². The van der Waals surface area contributed by atoms with Gasteiger partial charge < -0.3 is 5.32 Å². The zero-order valence-corrected chi connectivity index (χ0v) is 9.74. The molecular formula is C12H21N3. The van der Waals surface area contributed by atoms with Gasteiger partial charge in [0, 0.05) is 12.7 Å². The molecule has 1 unspecified atom stereocenters. The molecule has 0 bridgehead atoms. The number of aryl methyl sites for hydroxylation is 1. The van der Waals surface area contributed by atoms with Crippen LogP contribution in [-0.2, 0) is 6.54 Å². The highest BCUT2D eigenvalue weighted by molar-refractivity contribution is 5.08. The van der Waals surface area contributed by atoms with Crippen molar-refractivity contribution in [2.75, 3.05) is 6.54 Å². The van der Waals surface area contributed by atoms with Crippen LogP contribution in [0.1, 0.15) is 38.4 Å². The Bertz CT molecular complexity index is 291. The van der Waals surface area contributed by atoms with Gasteiger partial charge in [0.25, 0.3) is 0 Å². The van der Waals surface area contributed by atoms with E-state index >= 15 is 0 Å². The molecule has 3 heteroatoms. The maximum atomic E-state index is 4.33. The summed E-state index contributed by atoms with van der Waals surface area (Å²) in [6, 6.07) is 2.44. The van der Waals surface area contributed by atoms with Gasteiger partial charge in [-0.2, -0.15) is 5.10 Å². The maximum Gasteiger partial charge on any atom is 0.0556 e. The molecule has 0 amide bonds. The fraction of sp³-hybridized carbons (Fsp3) is 0.583. The Kier molecular flexibility index (Phi) is 5.12. The summed E-state index contributed by atoms with van der Waals surface area (Å²) >= 11 is 0. The topological polar surface area (TPSA) is 29.9 Å². The van der Waals surface area contributed by atoms with Crippen molar-refractivity contribution < 1.29 is 0 Å². The predicted octanol–water partition coefficient (Wildman–Crippen LogP) is 2.52. The lowest BCUT2D eigenvalue weighted by Gasteiger charge is -2.17. The van der Waals surface area contributed by atoms with Gasteiger partial charge in [-0.3, -0.25) is 4.68 Å². The van der Waals surface area contributed by atoms with E-state index < -0.39 is 0 Å². The third kappa shape index (κ3) is 3.20. The van der Waals surface area contributed by atoms with Crippen molar-refractivity contribution in [3.8, 4) is 0 Å². The summed E-state index contributed by atoms with van der Waals surface area (Å²) in [4.78, 5) is 0. The molecule has 0 fully saturated rings. The largest absolute Gasteiger partial charge is 0.309 e. The van der Waals surface area contributed by atoms with E-state index in [1.54, 1.807) is 0 Å². The Balaban J connectivity index is 2.78. The van der Waals surface area contributed by atoms with Crippen LogP contribution in [0.15, 0.2) is 24.9 Å². The van der Waals surface area contributed by atoms with Crippen LogP contribution in [0, 0.1) is 0 Å². The molecule has 1 aromatic rings. The number of hydrogen-bond donors (Lipinski definition) is 1. The summed E-state index contributed by atoms with van der Waals surface area (Å²) in [6.07, 6.45) is 5.89. The van der Waals surface area contributed by atoms with Gasteiger partial charge in [-0.25, -0.2) is 0 Å². The highest BCUT2D eigenvalue weighted by atomic mass is 15.3. The monoisotopic (exact) mass is 207 g/mol. The Morgan fingerprint density at radius 2 is 2.40 bits per heavy atom. The predicted molar refractivity (Wildman–Crippen MR) is 63.7 cm³/mol. The highest BCUT2D eigenvalue weighted by Crippen LogP contribution is 2.16. The van der Waals surface area contributed by atoms with E-state index in [0.29, 0.717) is 6.04 Å². The van der Waals surface area contributed by atoms with E-state index in [1.807, 2.05) is 12.3 Å². The molecule has 1 heterocycles. The van der Waals surface area contributed by atoms with Gasteiger partial charge in [0.05, 0.1) is 11.7 Å². The van der Waals surface area contributed by atoms with Crippen LogP contribution in [0.25, 0.3) is 0 Å². The Labute approximate surface area is 92.2 Å². The molecule has 0 radical (unpaired) electrons. The average molecular weight is 207 g/mol. The first-order valence-electron chi connectivity index (χ1n) is 5.69. The van der Waals surface area contributed by atoms with E-state index in [4.69, 9.17) is 0 Å². The van der Waals surface area contributed by atoms with Crippen molar-refractivity contribution in [3.63, 3.8) is 0 Å². The lowest BCUT2D eigenvalue weighted by molar-refractivity contribution is 0.483. The van der Waals surface area contributed by atoms with Gasteiger partial charge in [0.2, 0.25) is 0 Å². The molecule has 0 aliphatic rings. The molecule has 0 aromatic carbocycles. The fourth-order valence-corrected chi connectivity index (χ4v) is 1.76. The van der Waals surface area contributed by atoms with Crippen molar-refractivity contribution in [1.82, 2.24) is 15.1 Å². The average Bonchev–Trinajstić information content (AvgIpc) is 2.66. The second-order valence-corrected chi connectivity index (χ2v) is 3.61. The van der Waals surface area contributed by atoms with E-state index in [2.05, 4.69) is 41.6 Å². The van der Waals surface area contributed by atoms with Crippen molar-refractivity contribution in [2.24, 2.45) is 0 Å². The van der Waals surface area contributed by atoms with Crippen molar-refractivity contribution in [3.05, 3.63) is 30.6 Å². The molecule has 1 atom stereocenters. The van der Waals surface area contributed by atoms with Crippen molar-refractivity contribution in [2.45, 2.75) is 39.3 Å². The summed E-state index contributed by atoms with van der Waals surface area (Å²) < 4.78 is 2.08. The summed E-state index contributed by atoms with van der Waals surface area (Å²) in [7, 11) is 0. The molecule has 0 spiro atoms. The lowest BCUT2D eigenvalue weighted by Crippen LogP contribution is -2.23. The number of rotatable bonds is 7. The molecule has 0 aliphatic heterocycles. The molecule has 1 N–H and O–H groups in total. The number of nitrogens with one attached hydrogen (secondary N) is 1. The first-order valence-corrected chi connectivity index (χ1v) is 5.69. The molecule has 3 nitrogen and oxygen atoms in total. The Morgan fingerprint density at radius 1 is 1.60 bits per heavy atom. The Hall–Kier alpha value is -1.09. The van der Waals surface area contributed by atoms with Crippen LogP contribution in [0.2, 0.25) is 0 Å². The summed E-state index contributed by atoms with van der Waals surface area (Å²) in [5.41, 5.74) is 1.26. The maximum absolute atomic E-state index is 4.33. The van der Waals surface area contributed by atoms with Crippen molar-refractivity contribution >= 4 is 0 Å². The minimum Gasteiger partial charge on any atom is -0.309 e. The molecule has 0 saturated heterocycles. The van der Waals surface area contributed by atoms with Crippen LogP contribution >= 0.6 is 0 Å². The molecule has 15 heavy (non-hydrogen) atoms. The molecule has 1 aromatic heterocycles. The minimum atomic E-state index is 0.349. The quantitative estimate of drug-likeness (QED) is 0.696. The van der Waals surface area contributed by atoms with Gasteiger partial charge in [-0.15, -0.1) is 6.58 Å². The van der Waals surface area contributed by atoms with Crippen LogP contribution in [0.5, 0.6) is 0 Å². The highest BCUT2D eigenvalue weighted by Gasteiger charge is 2.12. The molecule has 0 saturated carbocycles. The second-order valence-electron chi connectivity index (χ2n) is 3.61. The standard InChI is InChI=1S/C12H21N3/c1-4-7-11(13-6-3)12-8-9-14-15(12)10-5-2/h4,8-9,11,13H,1,5-7,10H2,2-3H3. The first-order chi connectivity index (χ1) is 7.33. The second kappa shape index (κ2) is 6.40. The Morgan fingerprint density at radius 3 is 3.00 bits per heavy atom. The first kappa shape index (κ1) is 12.0. The third-order valence-electron chi connectivity index (χ3n) is 2.39. The molecule has 0 aliphatic carbocycles. The fourth-order valence-electron chi connectivity index (χ4n) is 1.76. The number of hydrogen-bond acceptors (Lipinski definition) is 2. The summed E-state index contributed by atoms with van der Waals surface area (Å²) in [5.74, 6) is 0. The minimum absolute atomic E-state index is 0.349. The van der Waals surface area contributed by atoms with Gasteiger partial charge in [-0.05, 0) is 25.5 Å². The van der Waals surface area contributed by atoms with Gasteiger partial charge in [-0.1, -0.05) is 19.9 Å². The normalized spacial score (nSPS) is 12.7. The molecule has 1 rings (SSSR count). The van der Waals surface area contributed by atoms with Gasteiger partial charge >= 0.3 is 0 Å².